The predicted octanol–water partition coefficient (Wildman–Crippen LogP) is 2.47. The summed E-state index contributed by atoms with van der Waals surface area (Å²) in [4.78, 5) is 0. The van der Waals surface area contributed by atoms with E-state index in [1.807, 2.05) is 6.08 Å². The maximum absolute atomic E-state index is 10.7. The number of hydrogen-bond acceptors (Lipinski definition) is 1. The molecule has 0 aliphatic carbocycles. The molecule has 0 aromatic heterocycles. The largest absolute Gasteiger partial charge is 1.00 e. The van der Waals surface area contributed by atoms with Crippen LogP contribution in [0.25, 0.3) is 0 Å². The van der Waals surface area contributed by atoms with Gasteiger partial charge in [-0.25, -0.2) is 0 Å². The third-order valence-electron chi connectivity index (χ3n) is 7.61. The molecule has 3 heteroatoms. The molecule has 2 aromatic carbocycles. The lowest BCUT2D eigenvalue weighted by atomic mass is 9.50. The zero-order valence-corrected chi connectivity index (χ0v) is 18.8. The van der Waals surface area contributed by atoms with Gasteiger partial charge in [0.05, 0.1) is 32.2 Å². The number of nitriles is 1. The minimum atomic E-state index is -0.562. The molecule has 3 heterocycles. The Kier molecular flexibility index (Phi) is 6.66. The maximum atomic E-state index is 10.7. The number of unbranched alkanes of at least 4 members (excludes halogenated alkanes) is 1. The molecule has 5 rings (SSSR count). The van der Waals surface area contributed by atoms with E-state index in [-0.39, 0.29) is 22.4 Å². The van der Waals surface area contributed by atoms with E-state index in [1.54, 1.807) is 0 Å². The van der Waals surface area contributed by atoms with E-state index in [9.17, 15) is 5.26 Å². The highest BCUT2D eigenvalue weighted by atomic mass is 79.9. The van der Waals surface area contributed by atoms with E-state index in [0.717, 1.165) is 36.8 Å². The monoisotopic (exact) mass is 450 g/mol. The fraction of sp³-hybridized carbons (Fsp3) is 0.423. The van der Waals surface area contributed by atoms with Gasteiger partial charge in [0, 0.05) is 31.1 Å². The Morgan fingerprint density at radius 1 is 0.931 bits per heavy atom. The van der Waals surface area contributed by atoms with Crippen LogP contribution in [-0.4, -0.2) is 30.7 Å². The standard InChI is InChI=1S/C26H31N2.BrH/c1-2-3-10-18-28-19-15-25(16-20-28,17-21-28)26(22-27,23-11-6-4-7-12-23)24-13-8-5-9-14-24;/h2,4-9,11-14H,1,3,10,15-21H2;1H/q+1;/p-1. The number of benzene rings is 2. The van der Waals surface area contributed by atoms with Crippen LogP contribution in [0.1, 0.15) is 43.2 Å². The first-order valence-electron chi connectivity index (χ1n) is 10.7. The summed E-state index contributed by atoms with van der Waals surface area (Å²) in [5.41, 5.74) is 1.80. The number of quaternary nitrogens is 1. The zero-order valence-electron chi connectivity index (χ0n) is 17.2. The van der Waals surface area contributed by atoms with E-state index >= 15 is 0 Å². The lowest BCUT2D eigenvalue weighted by Gasteiger charge is -2.60. The molecule has 3 aliphatic rings. The minimum absolute atomic E-state index is 0. The summed E-state index contributed by atoms with van der Waals surface area (Å²) >= 11 is 0. The van der Waals surface area contributed by atoms with Crippen molar-refractivity contribution in [2.24, 2.45) is 5.41 Å². The first kappa shape index (κ1) is 21.8. The molecule has 3 saturated heterocycles. The Hall–Kier alpha value is -1.89. The van der Waals surface area contributed by atoms with Gasteiger partial charge < -0.3 is 21.5 Å². The van der Waals surface area contributed by atoms with Crippen LogP contribution < -0.4 is 17.0 Å². The molecule has 0 unspecified atom stereocenters. The van der Waals surface area contributed by atoms with Crippen LogP contribution in [0.5, 0.6) is 0 Å². The first-order valence-corrected chi connectivity index (χ1v) is 10.7. The molecule has 2 aromatic rings. The summed E-state index contributed by atoms with van der Waals surface area (Å²) in [5.74, 6) is 0. The Morgan fingerprint density at radius 2 is 1.41 bits per heavy atom. The molecule has 0 N–H and O–H groups in total. The van der Waals surface area contributed by atoms with E-state index in [0.29, 0.717) is 0 Å². The first-order chi connectivity index (χ1) is 13.7. The van der Waals surface area contributed by atoms with Crippen LogP contribution >= 0.6 is 0 Å². The molecule has 2 nitrogen and oxygen atoms in total. The average molecular weight is 451 g/mol. The Balaban J connectivity index is 0.00000240. The van der Waals surface area contributed by atoms with Gasteiger partial charge in [0.15, 0.2) is 0 Å². The molecule has 2 bridgehead atoms. The summed E-state index contributed by atoms with van der Waals surface area (Å²) < 4.78 is 1.25. The van der Waals surface area contributed by atoms with Crippen molar-refractivity contribution in [3.8, 4) is 6.07 Å². The van der Waals surface area contributed by atoms with Gasteiger partial charge in [-0.1, -0.05) is 66.7 Å². The fourth-order valence-corrected chi connectivity index (χ4v) is 5.94. The van der Waals surface area contributed by atoms with Crippen molar-refractivity contribution in [2.45, 2.75) is 37.5 Å². The van der Waals surface area contributed by atoms with Gasteiger partial charge in [-0.05, 0) is 17.5 Å². The lowest BCUT2D eigenvalue weighted by Crippen LogP contribution is -3.00. The van der Waals surface area contributed by atoms with Crippen molar-refractivity contribution in [1.82, 2.24) is 0 Å². The molecular formula is C26H31BrN2. The SMILES string of the molecule is C=CCCC[N+]12CCC(C(C#N)(c3ccccc3)c3ccccc3)(CC1)CC2.[Br-]. The molecule has 3 aliphatic heterocycles. The third-order valence-corrected chi connectivity index (χ3v) is 7.61. The van der Waals surface area contributed by atoms with Gasteiger partial charge in [0.1, 0.15) is 5.41 Å². The van der Waals surface area contributed by atoms with Gasteiger partial charge in [-0.3, -0.25) is 0 Å². The second kappa shape index (κ2) is 8.86. The quantitative estimate of drug-likeness (QED) is 0.361. The van der Waals surface area contributed by atoms with Crippen LogP contribution in [0.4, 0.5) is 0 Å². The molecule has 152 valence electrons. The van der Waals surface area contributed by atoms with Crippen molar-refractivity contribution in [1.29, 1.82) is 5.26 Å². The Morgan fingerprint density at radius 3 is 1.83 bits per heavy atom. The average Bonchev–Trinajstić information content (AvgIpc) is 2.78. The van der Waals surface area contributed by atoms with Gasteiger partial charge in [-0.15, -0.1) is 6.58 Å². The van der Waals surface area contributed by atoms with Gasteiger partial charge in [0.25, 0.3) is 0 Å². The predicted molar refractivity (Wildman–Crippen MR) is 115 cm³/mol. The minimum Gasteiger partial charge on any atom is -1.00 e. The molecule has 0 amide bonds. The highest BCUT2D eigenvalue weighted by molar-refractivity contribution is 5.49. The van der Waals surface area contributed by atoms with Gasteiger partial charge >= 0.3 is 0 Å². The maximum Gasteiger partial charge on any atom is 0.113 e. The topological polar surface area (TPSA) is 23.8 Å². The zero-order chi connectivity index (χ0) is 19.5. The summed E-state index contributed by atoms with van der Waals surface area (Å²) in [6.45, 7) is 8.77. The van der Waals surface area contributed by atoms with Crippen LogP contribution in [0.3, 0.4) is 0 Å². The van der Waals surface area contributed by atoms with E-state index < -0.39 is 5.41 Å². The molecule has 0 atom stereocenters. The van der Waals surface area contributed by atoms with Crippen molar-refractivity contribution < 1.29 is 21.5 Å². The van der Waals surface area contributed by atoms with E-state index in [2.05, 4.69) is 73.3 Å². The van der Waals surface area contributed by atoms with Crippen LogP contribution in [-0.2, 0) is 5.41 Å². The molecule has 0 saturated carbocycles. The Bertz CT molecular complexity index is 789. The normalized spacial score (nSPS) is 25.6. The highest BCUT2D eigenvalue weighted by Gasteiger charge is 2.61. The number of fused-ring (bicyclic) bond motifs is 3. The second-order valence-electron chi connectivity index (χ2n) is 8.79. The lowest BCUT2D eigenvalue weighted by molar-refractivity contribution is -0.946. The number of piperidine rings is 3. The van der Waals surface area contributed by atoms with E-state index in [4.69, 9.17) is 0 Å². The Labute approximate surface area is 186 Å². The summed E-state index contributed by atoms with van der Waals surface area (Å²) in [6.07, 6.45) is 7.80. The summed E-state index contributed by atoms with van der Waals surface area (Å²) in [5, 5.41) is 10.7. The van der Waals surface area contributed by atoms with Crippen LogP contribution in [0, 0.1) is 16.7 Å². The molecule has 0 spiro atoms. The van der Waals surface area contributed by atoms with Crippen molar-refractivity contribution in [2.75, 3.05) is 26.2 Å². The van der Waals surface area contributed by atoms with Gasteiger partial charge in [-0.2, -0.15) is 5.26 Å². The smallest absolute Gasteiger partial charge is 0.113 e. The molecule has 29 heavy (non-hydrogen) atoms. The van der Waals surface area contributed by atoms with Crippen LogP contribution in [0.15, 0.2) is 73.3 Å². The van der Waals surface area contributed by atoms with Crippen molar-refractivity contribution in [3.05, 3.63) is 84.4 Å². The third kappa shape index (κ3) is 3.58. The van der Waals surface area contributed by atoms with E-state index in [1.165, 1.54) is 37.1 Å². The molecular weight excluding hydrogens is 420 g/mol. The number of rotatable bonds is 7. The summed E-state index contributed by atoms with van der Waals surface area (Å²) in [6, 6.07) is 24.0. The fourth-order valence-electron chi connectivity index (χ4n) is 5.94. The summed E-state index contributed by atoms with van der Waals surface area (Å²) in [7, 11) is 0. The molecule has 3 fully saturated rings. The second-order valence-corrected chi connectivity index (χ2v) is 8.79. The van der Waals surface area contributed by atoms with Crippen molar-refractivity contribution >= 4 is 0 Å². The number of hydrogen-bond donors (Lipinski definition) is 0. The highest BCUT2D eigenvalue weighted by Crippen LogP contribution is 2.58. The number of allylic oxidation sites excluding steroid dienone is 1. The van der Waals surface area contributed by atoms with Crippen LogP contribution in [0.2, 0.25) is 0 Å². The number of halogens is 1. The molecule has 0 radical (unpaired) electrons. The number of nitrogens with zero attached hydrogens (tertiary/aromatic N) is 2. The van der Waals surface area contributed by atoms with Gasteiger partial charge in [0.2, 0.25) is 0 Å². The van der Waals surface area contributed by atoms with Crippen molar-refractivity contribution in [3.63, 3.8) is 0 Å².